The number of nitrogens with zero attached hydrogens (tertiary/aromatic N) is 1. The standard InChI is InChI=1S/C16H18N2O6/c1-9-7-14(24-18-9)16(20)23-10(2)15(19)17-11-5-6-12(21-3)13(8-11)22-4/h5-8,10H,1-4H3,(H,17,19)/t10-/m0/s1. The smallest absolute Gasteiger partial charge is 0.377 e. The number of benzene rings is 1. The molecule has 0 unspecified atom stereocenters. The first-order valence-electron chi connectivity index (χ1n) is 7.11. The number of carbonyl (C=O) groups excluding carboxylic acids is 2. The number of ether oxygens (including phenoxy) is 3. The van der Waals surface area contributed by atoms with Gasteiger partial charge in [0.2, 0.25) is 5.76 Å². The van der Waals surface area contributed by atoms with Crippen LogP contribution in [0.5, 0.6) is 11.5 Å². The van der Waals surface area contributed by atoms with Crippen molar-refractivity contribution in [3.63, 3.8) is 0 Å². The summed E-state index contributed by atoms with van der Waals surface area (Å²) in [6, 6.07) is 6.34. The van der Waals surface area contributed by atoms with Gasteiger partial charge in [-0.1, -0.05) is 5.16 Å². The van der Waals surface area contributed by atoms with Crippen LogP contribution in [0.3, 0.4) is 0 Å². The van der Waals surface area contributed by atoms with Crippen LogP contribution in [0.25, 0.3) is 0 Å². The second-order valence-corrected chi connectivity index (χ2v) is 4.94. The van der Waals surface area contributed by atoms with Crippen LogP contribution in [0.4, 0.5) is 5.69 Å². The van der Waals surface area contributed by atoms with Crippen molar-refractivity contribution in [1.29, 1.82) is 0 Å². The van der Waals surface area contributed by atoms with Gasteiger partial charge in [-0.3, -0.25) is 4.79 Å². The molecule has 1 aromatic carbocycles. The fraction of sp³-hybridized carbons (Fsp3) is 0.312. The lowest BCUT2D eigenvalue weighted by Crippen LogP contribution is -2.29. The SMILES string of the molecule is COc1ccc(NC(=O)[C@H](C)OC(=O)c2cc(C)no2)cc1OC. The Hall–Kier alpha value is -3.03. The van der Waals surface area contributed by atoms with Crippen molar-refractivity contribution in [2.24, 2.45) is 0 Å². The summed E-state index contributed by atoms with van der Waals surface area (Å²) in [5.74, 6) is -0.302. The molecule has 2 rings (SSSR count). The van der Waals surface area contributed by atoms with Gasteiger partial charge in [0.25, 0.3) is 5.91 Å². The molecule has 1 heterocycles. The van der Waals surface area contributed by atoms with Gasteiger partial charge in [-0.2, -0.15) is 0 Å². The molecule has 1 aromatic heterocycles. The lowest BCUT2D eigenvalue weighted by atomic mass is 10.2. The number of aromatic nitrogens is 1. The number of hydrogen-bond donors (Lipinski definition) is 1. The fourth-order valence-electron chi connectivity index (χ4n) is 1.89. The van der Waals surface area contributed by atoms with Crippen LogP contribution >= 0.6 is 0 Å². The quantitative estimate of drug-likeness (QED) is 0.808. The molecule has 1 atom stereocenters. The molecule has 0 bridgehead atoms. The first-order chi connectivity index (χ1) is 11.4. The summed E-state index contributed by atoms with van der Waals surface area (Å²) in [7, 11) is 3.01. The van der Waals surface area contributed by atoms with Gasteiger partial charge < -0.3 is 24.1 Å². The summed E-state index contributed by atoms with van der Waals surface area (Å²) in [6.45, 7) is 3.13. The molecule has 8 heteroatoms. The lowest BCUT2D eigenvalue weighted by Gasteiger charge is -2.14. The number of hydrogen-bond acceptors (Lipinski definition) is 7. The molecule has 0 saturated heterocycles. The Morgan fingerprint density at radius 2 is 1.88 bits per heavy atom. The van der Waals surface area contributed by atoms with Gasteiger partial charge in [-0.15, -0.1) is 0 Å². The molecule has 8 nitrogen and oxygen atoms in total. The summed E-state index contributed by atoms with van der Waals surface area (Å²) in [6.07, 6.45) is -1.02. The molecule has 0 aliphatic carbocycles. The van der Waals surface area contributed by atoms with Crippen molar-refractivity contribution in [3.05, 3.63) is 35.7 Å². The molecule has 0 radical (unpaired) electrons. The maximum atomic E-state index is 12.1. The molecule has 1 amide bonds. The highest BCUT2D eigenvalue weighted by atomic mass is 16.6. The third-order valence-corrected chi connectivity index (χ3v) is 3.13. The minimum Gasteiger partial charge on any atom is -0.493 e. The zero-order valence-corrected chi connectivity index (χ0v) is 13.8. The largest absolute Gasteiger partial charge is 0.493 e. The van der Waals surface area contributed by atoms with Crippen LogP contribution in [0.2, 0.25) is 0 Å². The maximum absolute atomic E-state index is 12.1. The van der Waals surface area contributed by atoms with Gasteiger partial charge in [0.1, 0.15) is 0 Å². The Balaban J connectivity index is 2.00. The van der Waals surface area contributed by atoms with Crippen LogP contribution in [0.15, 0.2) is 28.8 Å². The van der Waals surface area contributed by atoms with E-state index in [0.29, 0.717) is 22.9 Å². The van der Waals surface area contributed by atoms with E-state index in [9.17, 15) is 9.59 Å². The van der Waals surface area contributed by atoms with Crippen LogP contribution in [-0.2, 0) is 9.53 Å². The fourth-order valence-corrected chi connectivity index (χ4v) is 1.89. The van der Waals surface area contributed by atoms with Crippen molar-refractivity contribution in [1.82, 2.24) is 5.16 Å². The zero-order chi connectivity index (χ0) is 17.7. The lowest BCUT2D eigenvalue weighted by molar-refractivity contribution is -0.123. The van der Waals surface area contributed by atoms with Crippen LogP contribution < -0.4 is 14.8 Å². The number of amides is 1. The Morgan fingerprint density at radius 1 is 1.17 bits per heavy atom. The van der Waals surface area contributed by atoms with Crippen molar-refractivity contribution in [2.75, 3.05) is 19.5 Å². The van der Waals surface area contributed by atoms with E-state index in [2.05, 4.69) is 10.5 Å². The van der Waals surface area contributed by atoms with Crippen LogP contribution in [0, 0.1) is 6.92 Å². The first kappa shape index (κ1) is 17.3. The van der Waals surface area contributed by atoms with Crippen molar-refractivity contribution < 1.29 is 28.3 Å². The molecular weight excluding hydrogens is 316 g/mol. The van der Waals surface area contributed by atoms with E-state index in [0.717, 1.165) is 0 Å². The summed E-state index contributed by atoms with van der Waals surface area (Å²) in [5, 5.41) is 6.22. The Labute approximate surface area is 138 Å². The third kappa shape index (κ3) is 4.03. The van der Waals surface area contributed by atoms with E-state index in [1.165, 1.54) is 27.2 Å². The number of esters is 1. The Bertz CT molecular complexity index is 740. The highest BCUT2D eigenvalue weighted by Crippen LogP contribution is 2.29. The van der Waals surface area contributed by atoms with E-state index in [-0.39, 0.29) is 5.76 Å². The molecule has 1 N–H and O–H groups in total. The highest BCUT2D eigenvalue weighted by Gasteiger charge is 2.22. The minimum absolute atomic E-state index is 0.0572. The maximum Gasteiger partial charge on any atom is 0.377 e. The van der Waals surface area contributed by atoms with E-state index >= 15 is 0 Å². The Morgan fingerprint density at radius 3 is 2.46 bits per heavy atom. The summed E-state index contributed by atoms with van der Waals surface area (Å²) < 4.78 is 20.1. The van der Waals surface area contributed by atoms with Crippen LogP contribution in [-0.4, -0.2) is 37.4 Å². The number of rotatable bonds is 6. The number of aryl methyl sites for hydroxylation is 1. The predicted molar refractivity (Wildman–Crippen MR) is 84.3 cm³/mol. The minimum atomic E-state index is -1.02. The average molecular weight is 334 g/mol. The van der Waals surface area contributed by atoms with Gasteiger partial charge in [0.05, 0.1) is 19.9 Å². The molecule has 128 valence electrons. The number of anilines is 1. The molecule has 0 spiro atoms. The summed E-state index contributed by atoms with van der Waals surface area (Å²) in [4.78, 5) is 24.0. The molecule has 2 aromatic rings. The van der Waals surface area contributed by atoms with Gasteiger partial charge >= 0.3 is 5.97 Å². The van der Waals surface area contributed by atoms with E-state index in [4.69, 9.17) is 18.7 Å². The molecule has 24 heavy (non-hydrogen) atoms. The molecule has 0 aliphatic rings. The Kier molecular flexibility index (Phi) is 5.41. The third-order valence-electron chi connectivity index (χ3n) is 3.13. The van der Waals surface area contributed by atoms with Crippen molar-refractivity contribution >= 4 is 17.6 Å². The van der Waals surface area contributed by atoms with Gasteiger partial charge in [-0.25, -0.2) is 4.79 Å². The van der Waals surface area contributed by atoms with Crippen molar-refractivity contribution in [2.45, 2.75) is 20.0 Å². The van der Waals surface area contributed by atoms with E-state index < -0.39 is 18.0 Å². The number of methoxy groups -OCH3 is 2. The van der Waals surface area contributed by atoms with Gasteiger partial charge in [0.15, 0.2) is 17.6 Å². The number of carbonyl (C=O) groups is 2. The average Bonchev–Trinajstić information content (AvgIpc) is 3.01. The summed E-state index contributed by atoms with van der Waals surface area (Å²) in [5.41, 5.74) is 1.03. The van der Waals surface area contributed by atoms with Gasteiger partial charge in [-0.05, 0) is 26.0 Å². The monoisotopic (exact) mass is 334 g/mol. The van der Waals surface area contributed by atoms with Crippen molar-refractivity contribution in [3.8, 4) is 11.5 Å². The molecule has 0 aliphatic heterocycles. The number of nitrogens with one attached hydrogen (secondary N) is 1. The second kappa shape index (κ2) is 7.49. The van der Waals surface area contributed by atoms with E-state index in [1.54, 1.807) is 25.1 Å². The van der Waals surface area contributed by atoms with Gasteiger partial charge in [0, 0.05) is 17.8 Å². The van der Waals surface area contributed by atoms with Crippen LogP contribution in [0.1, 0.15) is 23.2 Å². The topological polar surface area (TPSA) is 99.9 Å². The normalized spacial score (nSPS) is 11.5. The first-order valence-corrected chi connectivity index (χ1v) is 7.11. The molecular formula is C16H18N2O6. The second-order valence-electron chi connectivity index (χ2n) is 4.94. The highest BCUT2D eigenvalue weighted by molar-refractivity contribution is 5.96. The zero-order valence-electron chi connectivity index (χ0n) is 13.8. The predicted octanol–water partition coefficient (Wildman–Crippen LogP) is 2.18. The summed E-state index contributed by atoms with van der Waals surface area (Å²) >= 11 is 0. The molecule has 0 saturated carbocycles. The van der Waals surface area contributed by atoms with E-state index in [1.807, 2.05) is 0 Å². The molecule has 0 fully saturated rings.